The fourth-order valence-corrected chi connectivity index (χ4v) is 4.05. The van der Waals surface area contributed by atoms with Crippen LogP contribution >= 0.6 is 31.9 Å². The Morgan fingerprint density at radius 2 is 1.79 bits per heavy atom. The Morgan fingerprint density at radius 1 is 1.36 bits per heavy atom. The van der Waals surface area contributed by atoms with Crippen LogP contribution in [-0.2, 0) is 10.0 Å². The molecule has 86 valence electrons. The van der Waals surface area contributed by atoms with Gasteiger partial charge in [0.15, 0.2) is 0 Å². The molecule has 0 amide bonds. The second-order valence-electron chi connectivity index (χ2n) is 2.81. The van der Waals surface area contributed by atoms with Crippen molar-refractivity contribution < 1.29 is 17.2 Å². The smallest absolute Gasteiger partial charge is 0.206 e. The summed E-state index contributed by atoms with van der Waals surface area (Å²) in [5.41, 5.74) is -0.894. The fraction of sp³-hybridized carbons (Fsp3) is 1.00. The van der Waals surface area contributed by atoms with Gasteiger partial charge < -0.3 is 0 Å². The second-order valence-corrected chi connectivity index (χ2v) is 5.58. The number of hydrogen-bond acceptors (Lipinski definition) is 2. The minimum atomic E-state index is -4.54. The zero-order valence-corrected chi connectivity index (χ0v) is 11.4. The highest BCUT2D eigenvalue weighted by Gasteiger charge is 2.35. The van der Waals surface area contributed by atoms with Crippen molar-refractivity contribution in [2.45, 2.75) is 24.6 Å². The molecule has 3 nitrogen and oxygen atoms in total. The normalized spacial score (nSPS) is 13.6. The minimum Gasteiger partial charge on any atom is -0.206 e. The molecule has 0 saturated heterocycles. The van der Waals surface area contributed by atoms with E-state index in [4.69, 9.17) is 0 Å². The average molecular weight is 359 g/mol. The summed E-state index contributed by atoms with van der Waals surface area (Å²) in [6, 6.07) is 0. The first-order valence-corrected chi connectivity index (χ1v) is 7.55. The predicted octanol–water partition coefficient (Wildman–Crippen LogP) is 2.07. The highest BCUT2D eigenvalue weighted by Crippen LogP contribution is 2.19. The first-order chi connectivity index (χ1) is 6.33. The molecule has 0 aromatic heterocycles. The molecule has 0 aromatic carbocycles. The highest BCUT2D eigenvalue weighted by atomic mass is 79.9. The summed E-state index contributed by atoms with van der Waals surface area (Å²) in [7, 11) is -4.54. The summed E-state index contributed by atoms with van der Waals surface area (Å²) in [6.45, 7) is 1.72. The van der Waals surface area contributed by atoms with Crippen LogP contribution in [0.25, 0.3) is 0 Å². The van der Waals surface area contributed by atoms with Gasteiger partial charge in [0.25, 0.3) is 10.0 Å². The third-order valence-corrected chi connectivity index (χ3v) is 5.12. The molecule has 0 unspecified atom stereocenters. The minimum absolute atomic E-state index is 0.272. The Hall–Kier alpha value is 0.730. The molecule has 0 aliphatic rings. The molecule has 0 spiro atoms. The van der Waals surface area contributed by atoms with Crippen LogP contribution in [0.3, 0.4) is 0 Å². The van der Waals surface area contributed by atoms with Crippen LogP contribution in [0, 0.1) is 0 Å². The van der Waals surface area contributed by atoms with Crippen LogP contribution in [-0.4, -0.2) is 30.4 Å². The molecule has 0 rings (SSSR count). The first-order valence-electron chi connectivity index (χ1n) is 3.76. The molecule has 0 fully saturated rings. The van der Waals surface area contributed by atoms with E-state index in [1.54, 1.807) is 6.92 Å². The van der Waals surface area contributed by atoms with Crippen molar-refractivity contribution in [3.63, 3.8) is 0 Å². The van der Waals surface area contributed by atoms with E-state index in [9.17, 15) is 17.2 Å². The third kappa shape index (κ3) is 3.71. The van der Waals surface area contributed by atoms with E-state index in [-0.39, 0.29) is 10.7 Å². The number of sulfonamides is 1. The Morgan fingerprint density at radius 3 is 2.00 bits per heavy atom. The van der Waals surface area contributed by atoms with Crippen molar-refractivity contribution in [1.82, 2.24) is 4.72 Å². The Labute approximate surface area is 98.9 Å². The molecule has 8 heteroatoms. The number of nitrogens with one attached hydrogen (secondary N) is 1. The van der Waals surface area contributed by atoms with Gasteiger partial charge >= 0.3 is 5.76 Å². The van der Waals surface area contributed by atoms with Gasteiger partial charge in [-0.3, -0.25) is 0 Å². The van der Waals surface area contributed by atoms with E-state index < -0.39 is 21.3 Å². The van der Waals surface area contributed by atoms with Gasteiger partial charge in [0, 0.05) is 10.7 Å². The Bertz CT molecular complexity index is 259. The SMILES string of the molecule is CCC(CBr)(CBr)NS(=O)(=O)C(F)F. The number of rotatable bonds is 6. The van der Waals surface area contributed by atoms with Crippen molar-refractivity contribution >= 4 is 41.9 Å². The van der Waals surface area contributed by atoms with Crippen molar-refractivity contribution in [2.75, 3.05) is 10.7 Å². The van der Waals surface area contributed by atoms with E-state index in [2.05, 4.69) is 31.9 Å². The number of hydrogen-bond donors (Lipinski definition) is 1. The van der Waals surface area contributed by atoms with Gasteiger partial charge in [-0.15, -0.1) is 0 Å². The van der Waals surface area contributed by atoms with Gasteiger partial charge in [-0.2, -0.15) is 8.78 Å². The maximum absolute atomic E-state index is 12.1. The summed E-state index contributed by atoms with van der Waals surface area (Å²) < 4.78 is 48.0. The zero-order valence-electron chi connectivity index (χ0n) is 7.44. The van der Waals surface area contributed by atoms with Crippen molar-refractivity contribution in [2.24, 2.45) is 0 Å². The van der Waals surface area contributed by atoms with E-state index in [1.165, 1.54) is 0 Å². The summed E-state index contributed by atoms with van der Waals surface area (Å²) in [5, 5.41) is 0.543. The summed E-state index contributed by atoms with van der Waals surface area (Å²) in [5.74, 6) is -3.40. The molecular formula is C6H11Br2F2NO2S. The van der Waals surface area contributed by atoms with E-state index in [0.717, 1.165) is 0 Å². The maximum Gasteiger partial charge on any atom is 0.350 e. The van der Waals surface area contributed by atoms with Crippen LogP contribution in [0.5, 0.6) is 0 Å². The van der Waals surface area contributed by atoms with Gasteiger partial charge in [-0.1, -0.05) is 38.8 Å². The number of halogens is 4. The summed E-state index contributed by atoms with van der Waals surface area (Å²) >= 11 is 6.19. The molecule has 0 heterocycles. The average Bonchev–Trinajstić information content (AvgIpc) is 2.14. The Balaban J connectivity index is 4.78. The lowest BCUT2D eigenvalue weighted by molar-refractivity contribution is 0.229. The number of alkyl halides is 4. The molecule has 0 radical (unpaired) electrons. The molecule has 0 aliphatic heterocycles. The highest BCUT2D eigenvalue weighted by molar-refractivity contribution is 9.09. The summed E-state index contributed by atoms with van der Waals surface area (Å²) in [6.07, 6.45) is 0.412. The third-order valence-electron chi connectivity index (χ3n) is 1.78. The zero-order chi connectivity index (χ0) is 11.4. The molecule has 0 bridgehead atoms. The lowest BCUT2D eigenvalue weighted by Crippen LogP contribution is -2.52. The van der Waals surface area contributed by atoms with Crippen molar-refractivity contribution in [3.05, 3.63) is 0 Å². The Kier molecular flexibility index (Phi) is 6.01. The van der Waals surface area contributed by atoms with Gasteiger partial charge in [0.1, 0.15) is 0 Å². The maximum atomic E-state index is 12.1. The molecular weight excluding hydrogens is 348 g/mol. The van der Waals surface area contributed by atoms with E-state index in [1.807, 2.05) is 4.72 Å². The van der Waals surface area contributed by atoms with E-state index in [0.29, 0.717) is 6.42 Å². The molecule has 1 N–H and O–H groups in total. The lowest BCUT2D eigenvalue weighted by Gasteiger charge is -2.29. The molecule has 0 aliphatic carbocycles. The molecule has 14 heavy (non-hydrogen) atoms. The first kappa shape index (κ1) is 14.7. The monoisotopic (exact) mass is 357 g/mol. The largest absolute Gasteiger partial charge is 0.350 e. The van der Waals surface area contributed by atoms with E-state index >= 15 is 0 Å². The van der Waals surface area contributed by atoms with Crippen LogP contribution in [0.2, 0.25) is 0 Å². The van der Waals surface area contributed by atoms with Crippen molar-refractivity contribution in [1.29, 1.82) is 0 Å². The molecule has 0 atom stereocenters. The van der Waals surface area contributed by atoms with Gasteiger partial charge in [-0.25, -0.2) is 13.1 Å². The van der Waals surface area contributed by atoms with Crippen molar-refractivity contribution in [3.8, 4) is 0 Å². The lowest BCUT2D eigenvalue weighted by atomic mass is 10.0. The standard InChI is InChI=1S/C6H11Br2F2NO2S/c1-2-6(3-7,4-8)11-14(12,13)5(9)10/h5,11H,2-4H2,1H3. The van der Waals surface area contributed by atoms with Crippen LogP contribution in [0.4, 0.5) is 8.78 Å². The van der Waals surface area contributed by atoms with Gasteiger partial charge in [0.05, 0.1) is 5.54 Å². The summed E-state index contributed by atoms with van der Waals surface area (Å²) in [4.78, 5) is 0. The molecule has 0 aromatic rings. The fourth-order valence-electron chi connectivity index (χ4n) is 0.698. The second kappa shape index (κ2) is 5.72. The van der Waals surface area contributed by atoms with Crippen LogP contribution in [0.1, 0.15) is 13.3 Å². The van der Waals surface area contributed by atoms with Gasteiger partial charge in [0.2, 0.25) is 0 Å². The molecule has 0 saturated carbocycles. The predicted molar refractivity (Wildman–Crippen MR) is 58.7 cm³/mol. The quantitative estimate of drug-likeness (QED) is 0.739. The van der Waals surface area contributed by atoms with Gasteiger partial charge in [-0.05, 0) is 6.42 Å². The topological polar surface area (TPSA) is 46.2 Å². The van der Waals surface area contributed by atoms with Crippen LogP contribution < -0.4 is 4.72 Å². The van der Waals surface area contributed by atoms with Crippen LogP contribution in [0.15, 0.2) is 0 Å².